The van der Waals surface area contributed by atoms with Crippen LogP contribution in [0, 0.1) is 0 Å². The number of hydrogen-bond acceptors (Lipinski definition) is 0. The fourth-order valence-corrected chi connectivity index (χ4v) is 0.483. The quantitative estimate of drug-likeness (QED) is 0.303. The van der Waals surface area contributed by atoms with E-state index in [9.17, 15) is 0 Å². The summed E-state index contributed by atoms with van der Waals surface area (Å²) in [5, 5.41) is 0. The summed E-state index contributed by atoms with van der Waals surface area (Å²) in [4.78, 5) is 3.04. The Bertz CT molecular complexity index is 101. The van der Waals surface area contributed by atoms with Gasteiger partial charge in [-0.3, -0.25) is 0 Å². The van der Waals surface area contributed by atoms with Crippen molar-refractivity contribution in [2.75, 3.05) is 0 Å². The lowest BCUT2D eigenvalue weighted by molar-refractivity contribution is -0.00903. The van der Waals surface area contributed by atoms with Gasteiger partial charge in [-0.15, -0.1) is 0 Å². The lowest BCUT2D eigenvalue weighted by Crippen LogP contribution is -1.90. The average molecular weight is 112 g/mol. The second-order valence-electron chi connectivity index (χ2n) is 1.94. The largest absolute Gasteiger partial charge is 0.362 e. The van der Waals surface area contributed by atoms with Crippen molar-refractivity contribution in [1.82, 2.24) is 0 Å². The molecule has 0 aliphatic heterocycles. The van der Waals surface area contributed by atoms with Gasteiger partial charge in [0, 0.05) is 13.3 Å². The van der Waals surface area contributed by atoms with Gasteiger partial charge < -0.3 is 5.53 Å². The van der Waals surface area contributed by atoms with Gasteiger partial charge >= 0.3 is 0 Å². The molecule has 0 aromatic heterocycles. The van der Waals surface area contributed by atoms with Gasteiger partial charge in [-0.1, -0.05) is 13.3 Å². The predicted octanol–water partition coefficient (Wildman–Crippen LogP) is 1.87. The molecule has 46 valence electrons. The molecule has 0 heterocycles. The highest BCUT2D eigenvalue weighted by Crippen LogP contribution is 1.92. The highest BCUT2D eigenvalue weighted by Gasteiger charge is 1.94. The summed E-state index contributed by atoms with van der Waals surface area (Å²) in [7, 11) is 0. The van der Waals surface area contributed by atoms with E-state index in [0.29, 0.717) is 0 Å². The molecule has 0 fully saturated rings. The van der Waals surface area contributed by atoms with Crippen LogP contribution in [0.1, 0.15) is 33.1 Å². The van der Waals surface area contributed by atoms with Crippen LogP contribution >= 0.6 is 0 Å². The van der Waals surface area contributed by atoms with Crippen LogP contribution in [0.3, 0.4) is 0 Å². The molecule has 0 unspecified atom stereocenters. The van der Waals surface area contributed by atoms with Crippen LogP contribution in [0.15, 0.2) is 0 Å². The van der Waals surface area contributed by atoms with Gasteiger partial charge in [0.1, 0.15) is 0 Å². The molecule has 0 saturated heterocycles. The minimum atomic E-state index is 0.826. The first-order chi connectivity index (χ1) is 3.81. The summed E-state index contributed by atoms with van der Waals surface area (Å²) in [6, 6.07) is 0. The van der Waals surface area contributed by atoms with E-state index in [2.05, 4.69) is 11.7 Å². The summed E-state index contributed by atoms with van der Waals surface area (Å²) >= 11 is 0. The average Bonchev–Trinajstić information content (AvgIpc) is 1.83. The highest BCUT2D eigenvalue weighted by molar-refractivity contribution is 5.75. The topological polar surface area (TPSA) is 36.4 Å². The summed E-state index contributed by atoms with van der Waals surface area (Å²) < 4.78 is 0. The maximum Gasteiger partial charge on any atom is 0.265 e. The van der Waals surface area contributed by atoms with E-state index in [-0.39, 0.29) is 0 Å². The minimum Gasteiger partial charge on any atom is -0.362 e. The molecule has 0 aromatic carbocycles. The molecule has 0 rings (SSSR count). The molecule has 8 heavy (non-hydrogen) atoms. The monoisotopic (exact) mass is 112 g/mol. The smallest absolute Gasteiger partial charge is 0.265 e. The second kappa shape index (κ2) is 4.54. The third-order valence-corrected chi connectivity index (χ3v) is 1.06. The van der Waals surface area contributed by atoms with E-state index < -0.39 is 0 Å². The van der Waals surface area contributed by atoms with Crippen molar-refractivity contribution in [3.05, 3.63) is 5.53 Å². The highest BCUT2D eigenvalue weighted by atomic mass is 14.8. The molecule has 0 spiro atoms. The Labute approximate surface area is 50.1 Å². The third-order valence-electron chi connectivity index (χ3n) is 1.06. The Morgan fingerprint density at radius 1 is 1.62 bits per heavy atom. The van der Waals surface area contributed by atoms with E-state index in [1.54, 1.807) is 0 Å². The zero-order valence-electron chi connectivity index (χ0n) is 5.52. The molecule has 0 saturated carbocycles. The molecule has 2 heteroatoms. The van der Waals surface area contributed by atoms with E-state index >= 15 is 0 Å². The third kappa shape index (κ3) is 3.57. The van der Waals surface area contributed by atoms with Crippen molar-refractivity contribution >= 4 is 5.71 Å². The van der Waals surface area contributed by atoms with Crippen molar-refractivity contribution in [1.29, 1.82) is 0 Å². The lowest BCUT2D eigenvalue weighted by atomic mass is 10.2. The van der Waals surface area contributed by atoms with Gasteiger partial charge in [-0.25, -0.2) is 0 Å². The summed E-state index contributed by atoms with van der Waals surface area (Å²) in [6.07, 6.45) is 3.20. The molecule has 0 N–H and O–H groups in total. The molecule has 0 bridgehead atoms. The van der Waals surface area contributed by atoms with E-state index in [1.807, 2.05) is 6.92 Å². The van der Waals surface area contributed by atoms with Gasteiger partial charge in [0.05, 0.1) is 0 Å². The molecular weight excluding hydrogens is 100 g/mol. The number of unbranched alkanes of at least 4 members (excludes halogenated alkanes) is 1. The van der Waals surface area contributed by atoms with Crippen LogP contribution in [0.4, 0.5) is 0 Å². The molecule has 0 amide bonds. The first kappa shape index (κ1) is 7.38. The fourth-order valence-electron chi connectivity index (χ4n) is 0.483. The molecule has 0 atom stereocenters. The zero-order chi connectivity index (χ0) is 6.41. The van der Waals surface area contributed by atoms with Gasteiger partial charge in [0.2, 0.25) is 0 Å². The normalized spacial score (nSPS) is 8.25. The SMILES string of the molecule is CCCCC(C)=[N+]=[N-]. The molecular formula is C6H12N2. The van der Waals surface area contributed by atoms with Crippen molar-refractivity contribution in [2.24, 2.45) is 0 Å². The van der Waals surface area contributed by atoms with E-state index in [4.69, 9.17) is 5.53 Å². The molecule has 0 radical (unpaired) electrons. The summed E-state index contributed by atoms with van der Waals surface area (Å²) in [5.41, 5.74) is 8.98. The van der Waals surface area contributed by atoms with Gasteiger partial charge in [0.25, 0.3) is 5.71 Å². The Hall–Kier alpha value is -0.620. The second-order valence-corrected chi connectivity index (χ2v) is 1.94. The first-order valence-corrected chi connectivity index (χ1v) is 2.98. The maximum absolute atomic E-state index is 8.15. The van der Waals surface area contributed by atoms with Crippen molar-refractivity contribution in [3.63, 3.8) is 0 Å². The fraction of sp³-hybridized carbons (Fsp3) is 0.833. The maximum atomic E-state index is 8.15. The molecule has 0 aliphatic carbocycles. The van der Waals surface area contributed by atoms with Crippen molar-refractivity contribution < 1.29 is 4.79 Å². The van der Waals surface area contributed by atoms with Crippen LogP contribution in [-0.2, 0) is 0 Å². The first-order valence-electron chi connectivity index (χ1n) is 2.98. The van der Waals surface area contributed by atoms with Crippen molar-refractivity contribution in [2.45, 2.75) is 33.1 Å². The standard InChI is InChI=1S/C6H12N2/c1-3-4-5-6(2)8-7/h3-5H2,1-2H3. The number of hydrogen-bond donors (Lipinski definition) is 0. The van der Waals surface area contributed by atoms with Gasteiger partial charge in [0.15, 0.2) is 0 Å². The van der Waals surface area contributed by atoms with Gasteiger partial charge in [-0.05, 0) is 6.42 Å². The minimum absolute atomic E-state index is 0.826. The molecule has 0 aliphatic rings. The predicted molar refractivity (Wildman–Crippen MR) is 33.8 cm³/mol. The Balaban J connectivity index is 3.26. The van der Waals surface area contributed by atoms with Crippen molar-refractivity contribution in [3.8, 4) is 0 Å². The Morgan fingerprint density at radius 2 is 2.25 bits per heavy atom. The van der Waals surface area contributed by atoms with Crippen LogP contribution in [0.2, 0.25) is 0 Å². The summed E-state index contributed by atoms with van der Waals surface area (Å²) in [6.45, 7) is 3.94. The van der Waals surface area contributed by atoms with Crippen LogP contribution in [0.25, 0.3) is 5.53 Å². The molecule has 0 aromatic rings. The van der Waals surface area contributed by atoms with Crippen LogP contribution in [-0.4, -0.2) is 10.5 Å². The van der Waals surface area contributed by atoms with Gasteiger partial charge in [-0.2, -0.15) is 4.79 Å². The zero-order valence-corrected chi connectivity index (χ0v) is 5.52. The Morgan fingerprint density at radius 3 is 2.62 bits per heavy atom. The van der Waals surface area contributed by atoms with E-state index in [0.717, 1.165) is 25.0 Å². The van der Waals surface area contributed by atoms with Crippen LogP contribution < -0.4 is 0 Å². The molecule has 2 nitrogen and oxygen atoms in total. The lowest BCUT2D eigenvalue weighted by Gasteiger charge is -1.83. The summed E-state index contributed by atoms with van der Waals surface area (Å²) in [5.74, 6) is 0. The van der Waals surface area contributed by atoms with Crippen LogP contribution in [0.5, 0.6) is 0 Å². The number of nitrogens with zero attached hydrogens (tertiary/aromatic N) is 2. The van der Waals surface area contributed by atoms with E-state index in [1.165, 1.54) is 0 Å². The Kier molecular flexibility index (Phi) is 4.19. The number of rotatable bonds is 3.